The molecule has 0 aliphatic carbocycles. The molecule has 3 rings (SSSR count). The number of carbonyl (C=O) groups is 1. The van der Waals surface area contributed by atoms with E-state index < -0.39 is 10.7 Å². The first-order valence-electron chi connectivity index (χ1n) is 7.50. The van der Waals surface area contributed by atoms with Gasteiger partial charge in [0.2, 0.25) is 0 Å². The first-order valence-corrected chi connectivity index (χ1v) is 8.37. The van der Waals surface area contributed by atoms with Crippen LogP contribution in [0.1, 0.15) is 9.67 Å². The van der Waals surface area contributed by atoms with Crippen LogP contribution in [-0.4, -0.2) is 17.9 Å². The summed E-state index contributed by atoms with van der Waals surface area (Å²) in [5, 5.41) is 12.3. The first kappa shape index (κ1) is 17.6. The third-order valence-corrected chi connectivity index (χ3v) is 4.50. The minimum atomic E-state index is -0.875. The molecule has 1 heterocycles. The van der Waals surface area contributed by atoms with Crippen molar-refractivity contribution >= 4 is 28.6 Å². The van der Waals surface area contributed by atoms with E-state index in [-0.39, 0.29) is 23.1 Å². The van der Waals surface area contributed by atoms with Crippen molar-refractivity contribution in [2.45, 2.75) is 0 Å². The summed E-state index contributed by atoms with van der Waals surface area (Å²) in [4.78, 5) is 24.5. The third kappa shape index (κ3) is 3.55. The monoisotopic (exact) mass is 372 g/mol. The van der Waals surface area contributed by atoms with Gasteiger partial charge in [0.05, 0.1) is 11.0 Å². The van der Waals surface area contributed by atoms with Crippen LogP contribution in [0.3, 0.4) is 0 Å². The standard InChI is InChI=1S/C18H13FN2O4S/c1-20(12-5-3-2-4-6-12)18(22)17-16(9-10-26-17)25-15-8-7-13(21(23)24)11-14(15)19/h2-11H,1H3. The largest absolute Gasteiger partial charge is 0.453 e. The van der Waals surface area contributed by atoms with Gasteiger partial charge >= 0.3 is 0 Å². The maximum Gasteiger partial charge on any atom is 0.272 e. The number of anilines is 1. The Balaban J connectivity index is 1.85. The lowest BCUT2D eigenvalue weighted by Gasteiger charge is -2.17. The van der Waals surface area contributed by atoms with Gasteiger partial charge in [-0.1, -0.05) is 18.2 Å². The number of carbonyl (C=O) groups excluding carboxylic acids is 1. The van der Waals surface area contributed by atoms with Crippen molar-refractivity contribution in [2.75, 3.05) is 11.9 Å². The molecule has 0 N–H and O–H groups in total. The van der Waals surface area contributed by atoms with E-state index in [0.29, 0.717) is 10.6 Å². The number of hydrogen-bond donors (Lipinski definition) is 0. The Labute approximate surface area is 152 Å². The molecule has 26 heavy (non-hydrogen) atoms. The van der Waals surface area contributed by atoms with E-state index in [2.05, 4.69) is 0 Å². The lowest BCUT2D eigenvalue weighted by atomic mass is 10.2. The van der Waals surface area contributed by atoms with Crippen LogP contribution in [-0.2, 0) is 0 Å². The number of benzene rings is 2. The zero-order valence-corrected chi connectivity index (χ0v) is 14.4. The Bertz CT molecular complexity index is 959. The molecule has 0 fully saturated rings. The van der Waals surface area contributed by atoms with E-state index in [1.54, 1.807) is 30.6 Å². The van der Waals surface area contributed by atoms with Crippen LogP contribution in [0.4, 0.5) is 15.8 Å². The van der Waals surface area contributed by atoms with E-state index in [1.807, 2.05) is 18.2 Å². The van der Waals surface area contributed by atoms with E-state index >= 15 is 0 Å². The van der Waals surface area contributed by atoms with E-state index in [0.717, 1.165) is 12.1 Å². The minimum absolute atomic E-state index is 0.189. The summed E-state index contributed by atoms with van der Waals surface area (Å²) >= 11 is 1.17. The molecule has 8 heteroatoms. The first-order chi connectivity index (χ1) is 12.5. The molecule has 6 nitrogen and oxygen atoms in total. The van der Waals surface area contributed by atoms with Crippen LogP contribution in [0.25, 0.3) is 0 Å². The fourth-order valence-electron chi connectivity index (χ4n) is 2.26. The minimum Gasteiger partial charge on any atom is -0.453 e. The Morgan fingerprint density at radius 3 is 2.54 bits per heavy atom. The number of nitro benzene ring substituents is 1. The van der Waals surface area contributed by atoms with Crippen molar-refractivity contribution in [1.29, 1.82) is 0 Å². The third-order valence-electron chi connectivity index (χ3n) is 3.62. The van der Waals surface area contributed by atoms with Crippen molar-refractivity contribution in [3.63, 3.8) is 0 Å². The molecule has 1 amide bonds. The predicted molar refractivity (Wildman–Crippen MR) is 96.6 cm³/mol. The molecule has 0 bridgehead atoms. The fourth-order valence-corrected chi connectivity index (χ4v) is 3.05. The number of nitrogens with zero attached hydrogens (tertiary/aromatic N) is 2. The fraction of sp³-hybridized carbons (Fsp3) is 0.0556. The summed E-state index contributed by atoms with van der Waals surface area (Å²) in [5.74, 6) is -1.18. The summed E-state index contributed by atoms with van der Waals surface area (Å²) < 4.78 is 19.5. The Morgan fingerprint density at radius 2 is 1.88 bits per heavy atom. The average molecular weight is 372 g/mol. The normalized spacial score (nSPS) is 10.4. The molecule has 132 valence electrons. The summed E-state index contributed by atoms with van der Waals surface area (Å²) in [6.07, 6.45) is 0. The van der Waals surface area contributed by atoms with Crippen molar-refractivity contribution in [3.8, 4) is 11.5 Å². The summed E-state index contributed by atoms with van der Waals surface area (Å²) in [7, 11) is 1.63. The summed E-state index contributed by atoms with van der Waals surface area (Å²) in [5.41, 5.74) is 0.332. The highest BCUT2D eigenvalue weighted by Gasteiger charge is 2.21. The molecular formula is C18H13FN2O4S. The zero-order valence-electron chi connectivity index (χ0n) is 13.6. The van der Waals surface area contributed by atoms with Crippen LogP contribution in [0.5, 0.6) is 11.5 Å². The number of amides is 1. The molecule has 3 aromatic rings. The molecule has 0 spiro atoms. The van der Waals surface area contributed by atoms with Gasteiger partial charge in [-0.25, -0.2) is 4.39 Å². The highest BCUT2D eigenvalue weighted by atomic mass is 32.1. The highest BCUT2D eigenvalue weighted by Crippen LogP contribution is 2.33. The van der Waals surface area contributed by atoms with Gasteiger partial charge in [0.25, 0.3) is 11.6 Å². The van der Waals surface area contributed by atoms with Gasteiger partial charge in [-0.05, 0) is 29.6 Å². The number of rotatable bonds is 5. The molecule has 0 saturated carbocycles. The van der Waals surface area contributed by atoms with Crippen molar-refractivity contribution in [1.82, 2.24) is 0 Å². The molecular weight excluding hydrogens is 359 g/mol. The van der Waals surface area contributed by atoms with Crippen LogP contribution in [0.15, 0.2) is 60.0 Å². The molecule has 0 atom stereocenters. The summed E-state index contributed by atoms with van der Waals surface area (Å²) in [6, 6.07) is 13.7. The molecule has 0 aliphatic heterocycles. The molecule has 2 aromatic carbocycles. The molecule has 1 aromatic heterocycles. The lowest BCUT2D eigenvalue weighted by Crippen LogP contribution is -2.25. The maximum atomic E-state index is 14.0. The average Bonchev–Trinajstić information content (AvgIpc) is 3.11. The topological polar surface area (TPSA) is 72.7 Å². The van der Waals surface area contributed by atoms with Gasteiger partial charge < -0.3 is 9.64 Å². The predicted octanol–water partition coefficient (Wildman–Crippen LogP) is 4.86. The maximum absolute atomic E-state index is 14.0. The van der Waals surface area contributed by atoms with E-state index in [1.165, 1.54) is 22.3 Å². The SMILES string of the molecule is CN(C(=O)c1sccc1Oc1ccc([N+](=O)[O-])cc1F)c1ccccc1. The zero-order chi connectivity index (χ0) is 18.7. The number of hydrogen-bond acceptors (Lipinski definition) is 5. The van der Waals surface area contributed by atoms with Crippen molar-refractivity contribution in [3.05, 3.63) is 80.8 Å². The molecule has 0 aliphatic rings. The van der Waals surface area contributed by atoms with Crippen LogP contribution >= 0.6 is 11.3 Å². The van der Waals surface area contributed by atoms with Crippen LogP contribution < -0.4 is 9.64 Å². The number of non-ortho nitro benzene ring substituents is 1. The van der Waals surface area contributed by atoms with Crippen LogP contribution in [0.2, 0.25) is 0 Å². The van der Waals surface area contributed by atoms with Crippen molar-refractivity contribution in [2.24, 2.45) is 0 Å². The second-order valence-electron chi connectivity index (χ2n) is 5.29. The van der Waals surface area contributed by atoms with E-state index in [9.17, 15) is 19.3 Å². The molecule has 0 saturated heterocycles. The van der Waals surface area contributed by atoms with Gasteiger partial charge in [0.15, 0.2) is 17.3 Å². The Morgan fingerprint density at radius 1 is 1.15 bits per heavy atom. The van der Waals surface area contributed by atoms with Crippen molar-refractivity contribution < 1.29 is 18.8 Å². The second kappa shape index (κ2) is 7.32. The quantitative estimate of drug-likeness (QED) is 0.473. The van der Waals surface area contributed by atoms with Gasteiger partial charge in [0, 0.05) is 18.8 Å². The van der Waals surface area contributed by atoms with Gasteiger partial charge in [-0.15, -0.1) is 11.3 Å². The Kier molecular flexibility index (Phi) is 4.94. The molecule has 0 radical (unpaired) electrons. The van der Waals surface area contributed by atoms with Gasteiger partial charge in [-0.2, -0.15) is 0 Å². The smallest absolute Gasteiger partial charge is 0.272 e. The van der Waals surface area contributed by atoms with E-state index in [4.69, 9.17) is 4.74 Å². The lowest BCUT2D eigenvalue weighted by molar-refractivity contribution is -0.385. The van der Waals surface area contributed by atoms with Crippen LogP contribution in [0, 0.1) is 15.9 Å². The Hall–Kier alpha value is -3.26. The number of halogens is 1. The second-order valence-corrected chi connectivity index (χ2v) is 6.20. The number of nitro groups is 1. The van der Waals surface area contributed by atoms with Gasteiger partial charge in [0.1, 0.15) is 4.88 Å². The molecule has 0 unspecified atom stereocenters. The number of thiophene rings is 1. The number of para-hydroxylation sites is 1. The number of ether oxygens (including phenoxy) is 1. The van der Waals surface area contributed by atoms with Gasteiger partial charge in [-0.3, -0.25) is 14.9 Å². The summed E-state index contributed by atoms with van der Waals surface area (Å²) in [6.45, 7) is 0. The highest BCUT2D eigenvalue weighted by molar-refractivity contribution is 7.12.